The van der Waals surface area contributed by atoms with Crippen molar-refractivity contribution in [2.45, 2.75) is 50.8 Å². The number of ether oxygens (including phenoxy) is 1. The molecule has 9 nitrogen and oxygen atoms in total. The Labute approximate surface area is 186 Å². The number of cyclic esters (lactones) is 1. The highest BCUT2D eigenvalue weighted by atomic mass is 32.2. The molecule has 1 aliphatic heterocycles. The van der Waals surface area contributed by atoms with Crippen molar-refractivity contribution >= 4 is 27.7 Å². The Bertz CT molecular complexity index is 1080. The van der Waals surface area contributed by atoms with E-state index in [0.29, 0.717) is 0 Å². The van der Waals surface area contributed by atoms with E-state index in [-0.39, 0.29) is 41.0 Å². The van der Waals surface area contributed by atoms with Crippen LogP contribution in [0, 0.1) is 11.7 Å². The SMILES string of the molecule is CC(C)CS(=O)(=O)c1ccc([C@H](C)Nc2ncc(F)c(N3C(=O)OCC3[C@@H](C)O)n2)cc1. The number of aliphatic hydroxyl groups excluding tert-OH is 1. The summed E-state index contributed by atoms with van der Waals surface area (Å²) < 4.78 is 44.1. The van der Waals surface area contributed by atoms with Gasteiger partial charge in [0, 0.05) is 0 Å². The van der Waals surface area contributed by atoms with Crippen LogP contribution in [0.25, 0.3) is 0 Å². The summed E-state index contributed by atoms with van der Waals surface area (Å²) in [5, 5.41) is 12.9. The van der Waals surface area contributed by atoms with Crippen molar-refractivity contribution in [1.82, 2.24) is 9.97 Å². The van der Waals surface area contributed by atoms with Crippen molar-refractivity contribution in [3.8, 4) is 0 Å². The van der Waals surface area contributed by atoms with Crippen LogP contribution >= 0.6 is 0 Å². The normalized spacial score (nSPS) is 18.5. The van der Waals surface area contributed by atoms with E-state index in [1.807, 2.05) is 20.8 Å². The summed E-state index contributed by atoms with van der Waals surface area (Å²) in [4.78, 5) is 21.3. The molecular weight excluding hydrogens is 439 g/mol. The first-order valence-corrected chi connectivity index (χ1v) is 11.9. The number of carbonyl (C=O) groups is 1. The van der Waals surface area contributed by atoms with E-state index in [9.17, 15) is 22.7 Å². The fraction of sp³-hybridized carbons (Fsp3) is 0.476. The molecule has 3 rings (SSSR count). The van der Waals surface area contributed by atoms with Gasteiger partial charge in [0.1, 0.15) is 12.6 Å². The molecule has 1 fully saturated rings. The first-order valence-electron chi connectivity index (χ1n) is 10.3. The molecule has 1 aromatic carbocycles. The average Bonchev–Trinajstić information content (AvgIpc) is 3.10. The second kappa shape index (κ2) is 9.37. The zero-order valence-electron chi connectivity index (χ0n) is 18.3. The number of benzene rings is 1. The van der Waals surface area contributed by atoms with Crippen molar-refractivity contribution in [2.24, 2.45) is 5.92 Å². The largest absolute Gasteiger partial charge is 0.447 e. The van der Waals surface area contributed by atoms with Crippen molar-refractivity contribution in [1.29, 1.82) is 0 Å². The number of aromatic nitrogens is 2. The van der Waals surface area contributed by atoms with E-state index in [0.717, 1.165) is 16.7 Å². The van der Waals surface area contributed by atoms with Crippen LogP contribution in [-0.2, 0) is 14.6 Å². The van der Waals surface area contributed by atoms with Gasteiger partial charge >= 0.3 is 6.09 Å². The fourth-order valence-corrected chi connectivity index (χ4v) is 5.03. The van der Waals surface area contributed by atoms with Crippen LogP contribution < -0.4 is 10.2 Å². The van der Waals surface area contributed by atoms with E-state index in [2.05, 4.69) is 15.3 Å². The number of amides is 1. The minimum Gasteiger partial charge on any atom is -0.447 e. The predicted octanol–water partition coefficient (Wildman–Crippen LogP) is 2.92. The molecule has 0 saturated carbocycles. The summed E-state index contributed by atoms with van der Waals surface area (Å²) in [5.41, 5.74) is 0.769. The molecule has 1 unspecified atom stereocenters. The molecule has 1 aromatic heterocycles. The van der Waals surface area contributed by atoms with Crippen LogP contribution in [0.5, 0.6) is 0 Å². The smallest absolute Gasteiger partial charge is 0.416 e. The highest BCUT2D eigenvalue weighted by Gasteiger charge is 2.39. The lowest BCUT2D eigenvalue weighted by atomic mass is 10.1. The van der Waals surface area contributed by atoms with E-state index in [4.69, 9.17) is 4.74 Å². The maximum absolute atomic E-state index is 14.4. The third-order valence-electron chi connectivity index (χ3n) is 5.05. The Balaban J connectivity index is 1.79. The van der Waals surface area contributed by atoms with Gasteiger partial charge < -0.3 is 15.2 Å². The van der Waals surface area contributed by atoms with Crippen molar-refractivity contribution in [2.75, 3.05) is 22.6 Å². The van der Waals surface area contributed by atoms with E-state index >= 15 is 0 Å². The van der Waals surface area contributed by atoms with Gasteiger partial charge in [-0.15, -0.1) is 0 Å². The van der Waals surface area contributed by atoms with Gasteiger partial charge in [0.15, 0.2) is 21.5 Å². The highest BCUT2D eigenvalue weighted by Crippen LogP contribution is 2.27. The van der Waals surface area contributed by atoms with Crippen LogP contribution in [0.1, 0.15) is 39.3 Å². The summed E-state index contributed by atoms with van der Waals surface area (Å²) in [6, 6.07) is 5.38. The molecule has 1 aliphatic rings. The third kappa shape index (κ3) is 5.16. The number of anilines is 2. The van der Waals surface area contributed by atoms with Crippen LogP contribution in [0.2, 0.25) is 0 Å². The molecule has 32 heavy (non-hydrogen) atoms. The van der Waals surface area contributed by atoms with Gasteiger partial charge in [-0.2, -0.15) is 4.98 Å². The summed E-state index contributed by atoms with van der Waals surface area (Å²) in [6.07, 6.45) is -0.814. The average molecular weight is 467 g/mol. The zero-order valence-corrected chi connectivity index (χ0v) is 19.1. The van der Waals surface area contributed by atoms with Gasteiger partial charge in [-0.1, -0.05) is 26.0 Å². The van der Waals surface area contributed by atoms with E-state index in [1.54, 1.807) is 24.3 Å². The highest BCUT2D eigenvalue weighted by molar-refractivity contribution is 7.91. The summed E-state index contributed by atoms with van der Waals surface area (Å²) >= 11 is 0. The summed E-state index contributed by atoms with van der Waals surface area (Å²) in [5.74, 6) is -0.967. The number of hydrogen-bond acceptors (Lipinski definition) is 8. The van der Waals surface area contributed by atoms with Crippen molar-refractivity contribution in [3.05, 3.63) is 41.8 Å². The molecule has 2 aromatic rings. The molecule has 0 bridgehead atoms. The lowest BCUT2D eigenvalue weighted by molar-refractivity contribution is 0.142. The van der Waals surface area contributed by atoms with Crippen molar-refractivity contribution in [3.63, 3.8) is 0 Å². The zero-order chi connectivity index (χ0) is 23.6. The maximum atomic E-state index is 14.4. The van der Waals surface area contributed by atoms with E-state index in [1.165, 1.54) is 6.92 Å². The fourth-order valence-electron chi connectivity index (χ4n) is 3.41. The van der Waals surface area contributed by atoms with Crippen LogP contribution in [0.4, 0.5) is 21.0 Å². The molecular formula is C21H27FN4O5S. The number of sulfone groups is 1. The molecule has 3 atom stereocenters. The predicted molar refractivity (Wildman–Crippen MR) is 117 cm³/mol. The maximum Gasteiger partial charge on any atom is 0.416 e. The topological polar surface area (TPSA) is 122 Å². The van der Waals surface area contributed by atoms with Gasteiger partial charge in [-0.25, -0.2) is 27.5 Å². The van der Waals surface area contributed by atoms with Crippen LogP contribution in [0.3, 0.4) is 0 Å². The lowest BCUT2D eigenvalue weighted by Crippen LogP contribution is -2.42. The van der Waals surface area contributed by atoms with Gasteiger partial charge in [-0.05, 0) is 37.5 Å². The number of hydrogen-bond donors (Lipinski definition) is 2. The van der Waals surface area contributed by atoms with E-state index < -0.39 is 33.9 Å². The van der Waals surface area contributed by atoms with Gasteiger partial charge in [-0.3, -0.25) is 0 Å². The number of aliphatic hydroxyl groups is 1. The molecule has 2 N–H and O–H groups in total. The standard InChI is InChI=1S/C21H27FN4O5S/c1-12(2)11-32(29,30)16-7-5-15(6-8-16)13(3)24-20-23-9-17(22)19(25-20)26-18(14(4)27)10-31-21(26)28/h5-9,12-14,18,27H,10-11H2,1-4H3,(H,23,24,25)/t13-,14+,18?/m0/s1. The monoisotopic (exact) mass is 466 g/mol. The Morgan fingerprint density at radius 3 is 2.50 bits per heavy atom. The first kappa shape index (κ1) is 23.9. The molecule has 0 radical (unpaired) electrons. The Morgan fingerprint density at radius 1 is 1.25 bits per heavy atom. The number of rotatable bonds is 8. The Kier molecular flexibility index (Phi) is 6.99. The first-order chi connectivity index (χ1) is 15.0. The van der Waals surface area contributed by atoms with Crippen LogP contribution in [0.15, 0.2) is 35.4 Å². The van der Waals surface area contributed by atoms with Gasteiger partial charge in [0.2, 0.25) is 5.95 Å². The quantitative estimate of drug-likeness (QED) is 0.609. The Morgan fingerprint density at radius 2 is 1.91 bits per heavy atom. The number of halogens is 1. The number of nitrogens with zero attached hydrogens (tertiary/aromatic N) is 3. The van der Waals surface area contributed by atoms with Gasteiger partial charge in [0.05, 0.1) is 29.0 Å². The minimum atomic E-state index is -3.35. The second-order valence-corrected chi connectivity index (χ2v) is 10.3. The molecule has 0 aliphatic carbocycles. The second-order valence-electron chi connectivity index (χ2n) is 8.23. The number of nitrogens with one attached hydrogen (secondary N) is 1. The third-order valence-corrected chi connectivity index (χ3v) is 7.15. The molecule has 0 spiro atoms. The van der Waals surface area contributed by atoms with Crippen LogP contribution in [-0.4, -0.2) is 54.1 Å². The summed E-state index contributed by atoms with van der Waals surface area (Å²) in [6.45, 7) is 6.91. The number of carbonyl (C=O) groups excluding carboxylic acids is 1. The molecule has 174 valence electrons. The molecule has 11 heteroatoms. The summed E-state index contributed by atoms with van der Waals surface area (Å²) in [7, 11) is -3.35. The molecule has 1 amide bonds. The van der Waals surface area contributed by atoms with Crippen molar-refractivity contribution < 1.29 is 27.4 Å². The Hall–Kier alpha value is -2.79. The lowest BCUT2D eigenvalue weighted by Gasteiger charge is -2.23. The van der Waals surface area contributed by atoms with Gasteiger partial charge in [0.25, 0.3) is 0 Å². The molecule has 1 saturated heterocycles. The minimum absolute atomic E-state index is 0.0198. The molecule has 2 heterocycles.